The number of esters is 1. The number of fused-ring (bicyclic) bond motifs is 1. The van der Waals surface area contributed by atoms with Crippen LogP contribution >= 0.6 is 0 Å². The van der Waals surface area contributed by atoms with E-state index in [1.807, 2.05) is 49.5 Å². The van der Waals surface area contributed by atoms with E-state index in [-0.39, 0.29) is 40.7 Å². The number of nitrogens with zero attached hydrogens (tertiary/aromatic N) is 3. The van der Waals surface area contributed by atoms with Gasteiger partial charge >= 0.3 is 23.0 Å². The molecule has 2 heterocycles. The van der Waals surface area contributed by atoms with Gasteiger partial charge in [-0.2, -0.15) is 0 Å². The zero-order valence-electron chi connectivity index (χ0n) is 21.5. The van der Waals surface area contributed by atoms with Crippen LogP contribution in [-0.2, 0) is 21.8 Å². The molecule has 3 saturated carbocycles. The fourth-order valence-corrected chi connectivity index (χ4v) is 4.86. The van der Waals surface area contributed by atoms with Crippen LogP contribution in [0.1, 0.15) is 36.2 Å². The van der Waals surface area contributed by atoms with Gasteiger partial charge < -0.3 is 14.2 Å². The van der Waals surface area contributed by atoms with Gasteiger partial charge in [-0.15, -0.1) is 0 Å². The van der Waals surface area contributed by atoms with Crippen molar-refractivity contribution < 1.29 is 31.0 Å². The van der Waals surface area contributed by atoms with Crippen molar-refractivity contribution >= 4 is 22.6 Å². The van der Waals surface area contributed by atoms with Crippen molar-refractivity contribution in [2.24, 2.45) is 0 Å². The molecule has 8 heteroatoms. The quantitative estimate of drug-likeness (QED) is 0.394. The number of ether oxygens (including phenoxy) is 1. The van der Waals surface area contributed by atoms with Crippen LogP contribution in [0.4, 0.5) is 10.1 Å². The maximum Gasteiger partial charge on any atom is 2.00 e. The third-order valence-electron chi connectivity index (χ3n) is 6.94. The third kappa shape index (κ3) is 6.81. The van der Waals surface area contributed by atoms with Crippen molar-refractivity contribution in [2.45, 2.75) is 25.8 Å². The van der Waals surface area contributed by atoms with Crippen molar-refractivity contribution in [3.05, 3.63) is 104 Å². The minimum absolute atomic E-state index is 0. The van der Waals surface area contributed by atoms with Crippen molar-refractivity contribution in [3.63, 3.8) is 0 Å². The number of hydrogen-bond donors (Lipinski definition) is 0. The van der Waals surface area contributed by atoms with Crippen LogP contribution in [0, 0.1) is 69.5 Å². The van der Waals surface area contributed by atoms with E-state index in [4.69, 9.17) is 4.74 Å². The summed E-state index contributed by atoms with van der Waals surface area (Å²) in [5.41, 5.74) is 0.698. The van der Waals surface area contributed by atoms with Crippen molar-refractivity contribution in [1.29, 1.82) is 0 Å². The molecule has 6 nitrogen and oxygen atoms in total. The summed E-state index contributed by atoms with van der Waals surface area (Å²) in [7, 11) is 0. The molecule has 0 N–H and O–H groups in total. The molecule has 4 fully saturated rings. The van der Waals surface area contributed by atoms with Crippen molar-refractivity contribution in [1.82, 2.24) is 9.47 Å². The van der Waals surface area contributed by atoms with E-state index in [2.05, 4.69) is 22.6 Å². The minimum atomic E-state index is -0.653. The van der Waals surface area contributed by atoms with E-state index < -0.39 is 17.2 Å². The number of benzene rings is 1. The first-order valence-corrected chi connectivity index (χ1v) is 12.9. The number of carbonyl (C=O) groups excluding carboxylic acids is 1. The van der Waals surface area contributed by atoms with E-state index >= 15 is 4.39 Å². The fraction of sp³-hybridized carbons (Fsp3) is 0.333. The molecule has 0 bridgehead atoms. The topological polar surface area (TPSA) is 54.8 Å². The molecular weight excluding hydrogens is 525 g/mol. The summed E-state index contributed by atoms with van der Waals surface area (Å²) in [4.78, 5) is 29.7. The molecule has 1 aliphatic heterocycles. The van der Waals surface area contributed by atoms with Crippen molar-refractivity contribution in [3.8, 4) is 0 Å². The van der Waals surface area contributed by atoms with Gasteiger partial charge in [-0.1, -0.05) is 0 Å². The Morgan fingerprint density at radius 2 is 1.61 bits per heavy atom. The number of rotatable bonds is 6. The van der Waals surface area contributed by atoms with Gasteiger partial charge in [0.1, 0.15) is 11.4 Å². The Hall–Kier alpha value is -1.89. The van der Waals surface area contributed by atoms with Crippen LogP contribution in [0.15, 0.2) is 23.1 Å². The summed E-state index contributed by atoms with van der Waals surface area (Å²) >= 11 is 0. The van der Waals surface area contributed by atoms with E-state index in [1.54, 1.807) is 19.2 Å². The number of carbonyl (C=O) groups is 1. The normalized spacial score (nSPS) is 20.2. The Bertz CT molecular complexity index is 1140. The van der Waals surface area contributed by atoms with Gasteiger partial charge in [-0.25, -0.2) is 9.18 Å². The maximum absolute atomic E-state index is 15.2. The van der Waals surface area contributed by atoms with Gasteiger partial charge in [0.15, 0.2) is 0 Å². The van der Waals surface area contributed by atoms with E-state index in [0.29, 0.717) is 11.2 Å². The summed E-state index contributed by atoms with van der Waals surface area (Å²) in [5.74, 6) is 0.211. The zero-order chi connectivity index (χ0) is 25.8. The summed E-state index contributed by atoms with van der Waals surface area (Å²) in [6.07, 6.45) is 21.9. The van der Waals surface area contributed by atoms with Gasteiger partial charge in [0.25, 0.3) is 0 Å². The smallest absolute Gasteiger partial charge is 0.462 e. The number of halogens is 1. The molecule has 1 aromatic heterocycles. The average Bonchev–Trinajstić information content (AvgIpc) is 3.31. The maximum atomic E-state index is 15.2. The molecule has 3 aliphatic carbocycles. The molecule has 2 aromatic rings. The third-order valence-corrected chi connectivity index (χ3v) is 6.94. The first-order valence-electron chi connectivity index (χ1n) is 12.9. The molecule has 6 rings (SSSR count). The SMILES string of the molecule is CCOC(=O)c1cn(C2CC2)c2cc(N3CCN(C[C]4[CH][CH][CH][CH]4)CC3)c(F)cc2c1=O.[CH]1[CH][CH][CH][CH]1.[Fe+2]. The van der Waals surface area contributed by atoms with Crippen LogP contribution < -0.4 is 10.3 Å². The Kier molecular flexibility index (Phi) is 10.3. The molecule has 0 atom stereocenters. The molecule has 0 amide bonds. The molecule has 0 spiro atoms. The molecule has 4 aliphatic rings. The number of pyridine rings is 1. The van der Waals surface area contributed by atoms with Crippen LogP contribution in [0.3, 0.4) is 0 Å². The minimum Gasteiger partial charge on any atom is -0.462 e. The molecule has 0 unspecified atom stereocenters. The van der Waals surface area contributed by atoms with Gasteiger partial charge in [0.05, 0.1) is 17.8 Å². The molecule has 1 saturated heterocycles. The van der Waals surface area contributed by atoms with Gasteiger partial charge in [0, 0.05) is 50.3 Å². The average molecular weight is 557 g/mol. The molecule has 38 heavy (non-hydrogen) atoms. The summed E-state index contributed by atoms with van der Waals surface area (Å²) in [6, 6.07) is 3.31. The Labute approximate surface area is 236 Å². The predicted octanol–water partition coefficient (Wildman–Crippen LogP) is 4.20. The molecule has 10 radical (unpaired) electrons. The van der Waals surface area contributed by atoms with Gasteiger partial charge in [-0.3, -0.25) is 9.69 Å². The van der Waals surface area contributed by atoms with Crippen LogP contribution in [-0.4, -0.2) is 54.8 Å². The molecule has 198 valence electrons. The van der Waals surface area contributed by atoms with Crippen LogP contribution in [0.5, 0.6) is 0 Å². The predicted molar refractivity (Wildman–Crippen MR) is 143 cm³/mol. The number of hydrogen-bond acceptors (Lipinski definition) is 5. The van der Waals surface area contributed by atoms with Gasteiger partial charge in [0.2, 0.25) is 5.43 Å². The largest absolute Gasteiger partial charge is 2.00 e. The Morgan fingerprint density at radius 3 is 2.18 bits per heavy atom. The van der Waals surface area contributed by atoms with Crippen molar-refractivity contribution in [2.75, 3.05) is 44.2 Å². The second-order valence-corrected chi connectivity index (χ2v) is 9.57. The Balaban J connectivity index is 0.000000504. The number of piperazine rings is 1. The number of anilines is 1. The first kappa shape index (κ1) is 29.1. The van der Waals surface area contributed by atoms with Crippen LogP contribution in [0.25, 0.3) is 10.9 Å². The standard InChI is InChI=1S/C25H27FN3O3.C5H5.Fe/c1-2-32-25(31)20-16-29(18-7-8-18)22-14-23(21(26)13-19(22)24(20)30)28-11-9-27(10-12-28)15-17-5-3-4-6-17;1-2-4-5-3-1;/h3-6,13-14,16,18H,2,7-12,15H2,1H3;1-5H;/q;;+2. The molecular formula is C30H32FFeN3O3+2. The molecule has 1 aromatic carbocycles. The van der Waals surface area contributed by atoms with E-state index in [0.717, 1.165) is 45.6 Å². The summed E-state index contributed by atoms with van der Waals surface area (Å²) in [5, 5.41) is 0.235. The Morgan fingerprint density at radius 1 is 0.974 bits per heavy atom. The monoisotopic (exact) mass is 557 g/mol. The fourth-order valence-electron chi connectivity index (χ4n) is 4.86. The summed E-state index contributed by atoms with van der Waals surface area (Å²) in [6.45, 7) is 5.92. The zero-order valence-corrected chi connectivity index (χ0v) is 22.6. The van der Waals surface area contributed by atoms with E-state index in [9.17, 15) is 9.59 Å². The number of aromatic nitrogens is 1. The second-order valence-electron chi connectivity index (χ2n) is 9.57. The second kappa shape index (κ2) is 13.4. The first-order chi connectivity index (χ1) is 18.0. The van der Waals surface area contributed by atoms with Gasteiger partial charge in [-0.05, 0) is 95.6 Å². The van der Waals surface area contributed by atoms with Crippen LogP contribution in [0.2, 0.25) is 0 Å². The van der Waals surface area contributed by atoms with E-state index in [1.165, 1.54) is 12.0 Å². The summed E-state index contributed by atoms with van der Waals surface area (Å²) < 4.78 is 22.2.